The molecule has 0 atom stereocenters. The minimum absolute atomic E-state index is 0.140. The Labute approximate surface area is 120 Å². The van der Waals surface area contributed by atoms with Gasteiger partial charge in [-0.05, 0) is 12.8 Å². The number of hydrogen-bond acceptors (Lipinski definition) is 5. The molecule has 1 saturated heterocycles. The Kier molecular flexibility index (Phi) is 4.42. The zero-order valence-corrected chi connectivity index (χ0v) is 12.7. The van der Waals surface area contributed by atoms with Crippen molar-refractivity contribution in [2.75, 3.05) is 51.1 Å². The lowest BCUT2D eigenvalue weighted by molar-refractivity contribution is -0.133. The summed E-state index contributed by atoms with van der Waals surface area (Å²) < 4.78 is 0. The minimum Gasteiger partial charge on any atom is -0.360 e. The normalized spacial score (nSPS) is 16.1. The number of carbonyl (C=O) groups excluding carboxylic acids is 1. The van der Waals surface area contributed by atoms with Crippen LogP contribution >= 0.6 is 0 Å². The van der Waals surface area contributed by atoms with Gasteiger partial charge in [-0.15, -0.1) is 0 Å². The van der Waals surface area contributed by atoms with Gasteiger partial charge in [0.1, 0.15) is 0 Å². The van der Waals surface area contributed by atoms with Gasteiger partial charge in [0.2, 0.25) is 5.91 Å². The molecule has 0 unspecified atom stereocenters. The summed E-state index contributed by atoms with van der Waals surface area (Å²) in [5.74, 6) is 2.16. The van der Waals surface area contributed by atoms with Crippen molar-refractivity contribution < 1.29 is 4.79 Å². The number of piperidine rings is 1. The van der Waals surface area contributed by atoms with Gasteiger partial charge >= 0.3 is 0 Å². The first kappa shape index (κ1) is 14.6. The van der Waals surface area contributed by atoms with Gasteiger partial charge in [-0.3, -0.25) is 4.79 Å². The maximum absolute atomic E-state index is 12.0. The zero-order valence-electron chi connectivity index (χ0n) is 12.7. The second kappa shape index (κ2) is 6.07. The summed E-state index contributed by atoms with van der Waals surface area (Å²) in [6.07, 6.45) is 5.18. The van der Waals surface area contributed by atoms with E-state index in [0.717, 1.165) is 37.6 Å². The van der Waals surface area contributed by atoms with Gasteiger partial charge in [-0.25, -0.2) is 9.97 Å². The van der Waals surface area contributed by atoms with E-state index in [4.69, 9.17) is 0 Å². The molecule has 20 heavy (non-hydrogen) atoms. The molecule has 0 radical (unpaired) electrons. The average molecular weight is 277 g/mol. The highest BCUT2D eigenvalue weighted by Crippen LogP contribution is 2.27. The van der Waals surface area contributed by atoms with Crippen molar-refractivity contribution in [2.24, 2.45) is 5.92 Å². The van der Waals surface area contributed by atoms with Crippen LogP contribution in [-0.4, -0.2) is 62.1 Å². The molecule has 0 bridgehead atoms. The monoisotopic (exact) mass is 277 g/mol. The van der Waals surface area contributed by atoms with Crippen LogP contribution in [0.15, 0.2) is 12.4 Å². The summed E-state index contributed by atoms with van der Waals surface area (Å²) in [7, 11) is 7.58. The summed E-state index contributed by atoms with van der Waals surface area (Å²) >= 11 is 0. The predicted octanol–water partition coefficient (Wildman–Crippen LogP) is 0.847. The zero-order chi connectivity index (χ0) is 14.7. The van der Waals surface area contributed by atoms with E-state index in [1.54, 1.807) is 17.3 Å². The highest BCUT2D eigenvalue weighted by Gasteiger charge is 2.27. The molecule has 0 N–H and O–H groups in total. The number of nitrogens with zero attached hydrogens (tertiary/aromatic N) is 5. The smallest absolute Gasteiger partial charge is 0.225 e. The quantitative estimate of drug-likeness (QED) is 0.820. The van der Waals surface area contributed by atoms with E-state index in [-0.39, 0.29) is 11.8 Å². The molecule has 0 spiro atoms. The first-order valence-corrected chi connectivity index (χ1v) is 6.95. The summed E-state index contributed by atoms with van der Waals surface area (Å²) in [6.45, 7) is 1.70. The van der Waals surface area contributed by atoms with Crippen LogP contribution in [0, 0.1) is 5.92 Å². The first-order valence-electron chi connectivity index (χ1n) is 6.95. The first-order chi connectivity index (χ1) is 9.50. The fourth-order valence-electron chi connectivity index (χ4n) is 2.57. The molecule has 0 aliphatic carbocycles. The van der Waals surface area contributed by atoms with Crippen molar-refractivity contribution in [3.8, 4) is 0 Å². The third-order valence-electron chi connectivity index (χ3n) is 3.67. The van der Waals surface area contributed by atoms with Crippen LogP contribution in [0.1, 0.15) is 12.8 Å². The molecular formula is C14H23N5O. The molecule has 1 aliphatic heterocycles. The van der Waals surface area contributed by atoms with Gasteiger partial charge in [0.05, 0.1) is 0 Å². The Hall–Kier alpha value is -1.85. The molecule has 2 heterocycles. The highest BCUT2D eigenvalue weighted by atomic mass is 16.2. The molecule has 6 nitrogen and oxygen atoms in total. The maximum atomic E-state index is 12.0. The number of hydrogen-bond donors (Lipinski definition) is 0. The summed E-state index contributed by atoms with van der Waals surface area (Å²) in [5, 5.41) is 0. The topological polar surface area (TPSA) is 52.6 Å². The van der Waals surface area contributed by atoms with E-state index in [1.807, 2.05) is 33.1 Å². The lowest BCUT2D eigenvalue weighted by atomic mass is 9.95. The van der Waals surface area contributed by atoms with E-state index in [2.05, 4.69) is 14.9 Å². The number of aromatic nitrogens is 2. The number of carbonyl (C=O) groups is 1. The van der Waals surface area contributed by atoms with Crippen LogP contribution in [-0.2, 0) is 4.79 Å². The van der Waals surface area contributed by atoms with E-state index >= 15 is 0 Å². The summed E-state index contributed by atoms with van der Waals surface area (Å²) in [4.78, 5) is 26.7. The van der Waals surface area contributed by atoms with Crippen molar-refractivity contribution in [1.82, 2.24) is 14.9 Å². The molecule has 0 aromatic carbocycles. The Morgan fingerprint density at radius 2 is 1.75 bits per heavy atom. The number of amides is 1. The predicted molar refractivity (Wildman–Crippen MR) is 80.0 cm³/mol. The van der Waals surface area contributed by atoms with Crippen molar-refractivity contribution in [3.05, 3.63) is 12.4 Å². The van der Waals surface area contributed by atoms with Gasteiger partial charge in [-0.1, -0.05) is 0 Å². The van der Waals surface area contributed by atoms with Gasteiger partial charge in [0.25, 0.3) is 0 Å². The fraction of sp³-hybridized carbons (Fsp3) is 0.643. The Morgan fingerprint density at radius 1 is 1.15 bits per heavy atom. The van der Waals surface area contributed by atoms with Gasteiger partial charge in [0.15, 0.2) is 11.6 Å². The van der Waals surface area contributed by atoms with Crippen molar-refractivity contribution >= 4 is 17.5 Å². The van der Waals surface area contributed by atoms with E-state index in [9.17, 15) is 4.79 Å². The molecule has 110 valence electrons. The van der Waals surface area contributed by atoms with Crippen molar-refractivity contribution in [1.29, 1.82) is 0 Å². The maximum Gasteiger partial charge on any atom is 0.225 e. The van der Waals surface area contributed by atoms with Crippen LogP contribution < -0.4 is 9.80 Å². The van der Waals surface area contributed by atoms with Gasteiger partial charge < -0.3 is 14.7 Å². The second-order valence-electron chi connectivity index (χ2n) is 5.59. The highest BCUT2D eigenvalue weighted by molar-refractivity contribution is 5.78. The molecule has 1 aromatic heterocycles. The lowest BCUT2D eigenvalue weighted by Gasteiger charge is -2.34. The van der Waals surface area contributed by atoms with Crippen LogP contribution in [0.4, 0.5) is 11.6 Å². The van der Waals surface area contributed by atoms with Gasteiger partial charge in [0, 0.05) is 59.6 Å². The molecule has 1 fully saturated rings. The van der Waals surface area contributed by atoms with Crippen molar-refractivity contribution in [2.45, 2.75) is 12.8 Å². The van der Waals surface area contributed by atoms with E-state index < -0.39 is 0 Å². The molecule has 6 heteroatoms. The van der Waals surface area contributed by atoms with Crippen LogP contribution in [0.3, 0.4) is 0 Å². The van der Waals surface area contributed by atoms with Crippen LogP contribution in [0.25, 0.3) is 0 Å². The van der Waals surface area contributed by atoms with E-state index in [0.29, 0.717) is 0 Å². The van der Waals surface area contributed by atoms with Crippen LogP contribution in [0.5, 0.6) is 0 Å². The largest absolute Gasteiger partial charge is 0.360 e. The third-order valence-corrected chi connectivity index (χ3v) is 3.67. The molecule has 1 aromatic rings. The van der Waals surface area contributed by atoms with E-state index in [1.165, 1.54) is 0 Å². The standard InChI is InChI=1S/C14H23N5O/c1-17(2)12-13(16-8-7-15-12)19-9-5-11(6-10-19)14(20)18(3)4/h7-8,11H,5-6,9-10H2,1-4H3. The lowest BCUT2D eigenvalue weighted by Crippen LogP contribution is -2.41. The fourth-order valence-corrected chi connectivity index (χ4v) is 2.57. The molecule has 0 saturated carbocycles. The Morgan fingerprint density at radius 3 is 2.30 bits per heavy atom. The number of anilines is 2. The molecule has 2 rings (SSSR count). The molecule has 1 aliphatic rings. The number of rotatable bonds is 3. The summed E-state index contributed by atoms with van der Waals surface area (Å²) in [6, 6.07) is 0. The SMILES string of the molecule is CN(C)C(=O)C1CCN(c2nccnc2N(C)C)CC1. The molecular weight excluding hydrogens is 254 g/mol. The second-order valence-corrected chi connectivity index (χ2v) is 5.59. The Balaban J connectivity index is 2.06. The minimum atomic E-state index is 0.140. The third kappa shape index (κ3) is 3.00. The van der Waals surface area contributed by atoms with Crippen LogP contribution in [0.2, 0.25) is 0 Å². The van der Waals surface area contributed by atoms with Gasteiger partial charge in [-0.2, -0.15) is 0 Å². The van der Waals surface area contributed by atoms with Crippen molar-refractivity contribution in [3.63, 3.8) is 0 Å². The summed E-state index contributed by atoms with van der Waals surface area (Å²) in [5.41, 5.74) is 0. The Bertz CT molecular complexity index is 466. The average Bonchev–Trinajstić information content (AvgIpc) is 2.46. The molecule has 1 amide bonds.